The smallest absolute Gasteiger partial charge is 0.312 e. The second kappa shape index (κ2) is 5.69. The molecule has 0 amide bonds. The third-order valence-corrected chi connectivity index (χ3v) is 5.25. The van der Waals surface area contributed by atoms with Gasteiger partial charge in [0.1, 0.15) is 5.92 Å². The second-order valence-corrected chi connectivity index (χ2v) is 6.46. The molecule has 1 N–H and O–H groups in total. The van der Waals surface area contributed by atoms with E-state index in [0.717, 1.165) is 54.7 Å². The Balaban J connectivity index is 1.75. The maximum absolute atomic E-state index is 11.2. The van der Waals surface area contributed by atoms with Crippen LogP contribution in [-0.4, -0.2) is 41.9 Å². The minimum Gasteiger partial charge on any atom is -0.481 e. The van der Waals surface area contributed by atoms with E-state index in [1.54, 1.807) is 11.3 Å². The lowest BCUT2D eigenvalue weighted by molar-refractivity contribution is -0.138. The number of carboxylic acids is 1. The summed E-state index contributed by atoms with van der Waals surface area (Å²) in [5.41, 5.74) is 0.802. The van der Waals surface area contributed by atoms with Crippen LogP contribution in [0.15, 0.2) is 0 Å². The molecule has 6 heteroatoms. The fraction of sp³-hybridized carbons (Fsp3) is 0.714. The summed E-state index contributed by atoms with van der Waals surface area (Å²) in [5, 5.41) is 10.2. The van der Waals surface area contributed by atoms with E-state index in [4.69, 9.17) is 4.74 Å². The molecule has 2 aliphatic rings. The van der Waals surface area contributed by atoms with Crippen molar-refractivity contribution >= 4 is 22.4 Å². The molecule has 0 saturated carbocycles. The number of rotatable bonds is 4. The van der Waals surface area contributed by atoms with E-state index in [1.165, 1.54) is 0 Å². The number of carbonyl (C=O) groups is 1. The van der Waals surface area contributed by atoms with Gasteiger partial charge >= 0.3 is 5.97 Å². The monoisotopic (exact) mass is 296 g/mol. The third-order valence-electron chi connectivity index (χ3n) is 4.06. The minimum atomic E-state index is -0.744. The number of aliphatic carboxylic acids is 1. The quantitative estimate of drug-likeness (QED) is 0.923. The van der Waals surface area contributed by atoms with Gasteiger partial charge in [-0.25, -0.2) is 4.98 Å². The SMILES string of the molecule is CCOC1CCCN(c2nc3c(s2)CCC3C(=O)O)C1. The molecule has 110 valence electrons. The van der Waals surface area contributed by atoms with Gasteiger partial charge in [0.25, 0.3) is 0 Å². The molecule has 1 aromatic rings. The Kier molecular flexibility index (Phi) is 3.94. The number of thiazole rings is 1. The van der Waals surface area contributed by atoms with Crippen molar-refractivity contribution in [2.75, 3.05) is 24.6 Å². The zero-order valence-corrected chi connectivity index (χ0v) is 12.5. The molecule has 0 radical (unpaired) electrons. The van der Waals surface area contributed by atoms with Gasteiger partial charge in [0.2, 0.25) is 0 Å². The average Bonchev–Trinajstić information content (AvgIpc) is 2.98. The van der Waals surface area contributed by atoms with Crippen LogP contribution in [-0.2, 0) is 16.0 Å². The third kappa shape index (κ3) is 2.54. The van der Waals surface area contributed by atoms with E-state index in [9.17, 15) is 9.90 Å². The van der Waals surface area contributed by atoms with Crippen LogP contribution >= 0.6 is 11.3 Å². The van der Waals surface area contributed by atoms with Crippen LogP contribution in [0.1, 0.15) is 42.7 Å². The summed E-state index contributed by atoms with van der Waals surface area (Å²) < 4.78 is 5.71. The van der Waals surface area contributed by atoms with Crippen molar-refractivity contribution in [1.82, 2.24) is 4.98 Å². The number of hydrogen-bond acceptors (Lipinski definition) is 5. The van der Waals surface area contributed by atoms with Gasteiger partial charge in [-0.15, -0.1) is 11.3 Å². The molecule has 3 rings (SSSR count). The van der Waals surface area contributed by atoms with Crippen LogP contribution in [0.2, 0.25) is 0 Å². The van der Waals surface area contributed by atoms with Gasteiger partial charge < -0.3 is 14.7 Å². The fourth-order valence-electron chi connectivity index (χ4n) is 3.07. The van der Waals surface area contributed by atoms with Crippen LogP contribution in [0, 0.1) is 0 Å². The zero-order valence-electron chi connectivity index (χ0n) is 11.7. The molecular weight excluding hydrogens is 276 g/mol. The molecule has 20 heavy (non-hydrogen) atoms. The van der Waals surface area contributed by atoms with E-state index in [0.29, 0.717) is 6.42 Å². The van der Waals surface area contributed by atoms with E-state index in [1.807, 2.05) is 6.92 Å². The Morgan fingerprint density at radius 1 is 1.55 bits per heavy atom. The molecule has 5 nitrogen and oxygen atoms in total. The van der Waals surface area contributed by atoms with E-state index in [2.05, 4.69) is 9.88 Å². The molecule has 1 fully saturated rings. The fourth-order valence-corrected chi connectivity index (χ4v) is 4.25. The molecule has 1 aromatic heterocycles. The first-order valence-electron chi connectivity index (χ1n) is 7.28. The van der Waals surface area contributed by atoms with Crippen molar-refractivity contribution in [3.63, 3.8) is 0 Å². The summed E-state index contributed by atoms with van der Waals surface area (Å²) >= 11 is 1.67. The number of fused-ring (bicyclic) bond motifs is 1. The highest BCUT2D eigenvalue weighted by Crippen LogP contribution is 2.40. The number of carboxylic acid groups (broad SMARTS) is 1. The first-order chi connectivity index (χ1) is 9.69. The van der Waals surface area contributed by atoms with Crippen LogP contribution in [0.3, 0.4) is 0 Å². The number of aromatic nitrogens is 1. The van der Waals surface area contributed by atoms with E-state index >= 15 is 0 Å². The highest BCUT2D eigenvalue weighted by atomic mass is 32.1. The van der Waals surface area contributed by atoms with Gasteiger partial charge in [0.05, 0.1) is 11.8 Å². The van der Waals surface area contributed by atoms with Gasteiger partial charge in [0.15, 0.2) is 5.13 Å². The van der Waals surface area contributed by atoms with Gasteiger partial charge in [-0.05, 0) is 32.6 Å². The summed E-state index contributed by atoms with van der Waals surface area (Å²) in [4.78, 5) is 19.3. The van der Waals surface area contributed by atoms with Crippen LogP contribution in [0.4, 0.5) is 5.13 Å². The van der Waals surface area contributed by atoms with Crippen molar-refractivity contribution in [1.29, 1.82) is 0 Å². The number of nitrogens with zero attached hydrogens (tertiary/aromatic N) is 2. The highest BCUT2D eigenvalue weighted by molar-refractivity contribution is 7.15. The maximum atomic E-state index is 11.2. The number of piperidine rings is 1. The van der Waals surface area contributed by atoms with Crippen LogP contribution < -0.4 is 4.90 Å². The molecule has 1 saturated heterocycles. The van der Waals surface area contributed by atoms with Crippen LogP contribution in [0.5, 0.6) is 0 Å². The number of aryl methyl sites for hydroxylation is 1. The summed E-state index contributed by atoms with van der Waals surface area (Å²) in [6.07, 6.45) is 4.05. The van der Waals surface area contributed by atoms with Gasteiger partial charge in [-0.1, -0.05) is 0 Å². The van der Waals surface area contributed by atoms with E-state index in [-0.39, 0.29) is 6.10 Å². The lowest BCUT2D eigenvalue weighted by Gasteiger charge is -2.32. The summed E-state index contributed by atoms with van der Waals surface area (Å²) in [7, 11) is 0. The van der Waals surface area contributed by atoms with Gasteiger partial charge in [-0.3, -0.25) is 4.79 Å². The topological polar surface area (TPSA) is 62.7 Å². The molecule has 2 unspecified atom stereocenters. The summed E-state index contributed by atoms with van der Waals surface area (Å²) in [6.45, 7) is 4.63. The Hall–Kier alpha value is -1.14. The minimum absolute atomic E-state index is 0.280. The normalized spacial score (nSPS) is 25.8. The molecular formula is C14H20N2O3S. The number of hydrogen-bond donors (Lipinski definition) is 1. The Morgan fingerprint density at radius 2 is 2.40 bits per heavy atom. The predicted octanol–water partition coefficient (Wildman–Crippen LogP) is 2.26. The van der Waals surface area contributed by atoms with Gasteiger partial charge in [0, 0.05) is 24.6 Å². The van der Waals surface area contributed by atoms with Crippen molar-refractivity contribution < 1.29 is 14.6 Å². The van der Waals surface area contributed by atoms with Gasteiger partial charge in [-0.2, -0.15) is 0 Å². The first-order valence-corrected chi connectivity index (χ1v) is 8.09. The van der Waals surface area contributed by atoms with Crippen molar-refractivity contribution in [3.8, 4) is 0 Å². The largest absolute Gasteiger partial charge is 0.481 e. The Morgan fingerprint density at radius 3 is 3.15 bits per heavy atom. The van der Waals surface area contributed by atoms with Crippen molar-refractivity contribution in [2.45, 2.75) is 44.6 Å². The molecule has 2 heterocycles. The Bertz CT molecular complexity index is 501. The van der Waals surface area contributed by atoms with E-state index < -0.39 is 11.9 Å². The van der Waals surface area contributed by atoms with Crippen molar-refractivity contribution in [3.05, 3.63) is 10.6 Å². The molecule has 1 aliphatic heterocycles. The summed E-state index contributed by atoms with van der Waals surface area (Å²) in [5.74, 6) is -1.14. The van der Waals surface area contributed by atoms with Crippen LogP contribution in [0.25, 0.3) is 0 Å². The highest BCUT2D eigenvalue weighted by Gasteiger charge is 2.34. The number of anilines is 1. The number of ether oxygens (including phenoxy) is 1. The molecule has 1 aliphatic carbocycles. The predicted molar refractivity (Wildman–Crippen MR) is 77.7 cm³/mol. The molecule has 0 bridgehead atoms. The second-order valence-electron chi connectivity index (χ2n) is 5.40. The standard InChI is InChI=1S/C14H20N2O3S/c1-2-19-9-4-3-7-16(8-9)14-15-12-10(13(17)18)5-6-11(12)20-14/h9-10H,2-8H2,1H3,(H,17,18). The lowest BCUT2D eigenvalue weighted by Crippen LogP contribution is -2.39. The zero-order chi connectivity index (χ0) is 14.1. The first kappa shape index (κ1) is 13.8. The molecule has 0 aromatic carbocycles. The van der Waals surface area contributed by atoms with Crippen molar-refractivity contribution in [2.24, 2.45) is 0 Å². The molecule has 2 atom stereocenters. The summed E-state index contributed by atoms with van der Waals surface area (Å²) in [6, 6.07) is 0. The maximum Gasteiger partial charge on any atom is 0.312 e. The average molecular weight is 296 g/mol. The Labute approximate surface area is 122 Å². The molecule has 0 spiro atoms. The lowest BCUT2D eigenvalue weighted by atomic mass is 10.1.